The Hall–Kier alpha value is -2.73. The maximum Gasteiger partial charge on any atom is 0.309 e. The van der Waals surface area contributed by atoms with Gasteiger partial charge < -0.3 is 20.1 Å². The molecule has 0 saturated heterocycles. The normalized spacial score (nSPS) is 11.9. The predicted molar refractivity (Wildman–Crippen MR) is 87.7 cm³/mol. The van der Waals surface area contributed by atoms with Gasteiger partial charge in [-0.2, -0.15) is 0 Å². The molecule has 0 saturated carbocycles. The summed E-state index contributed by atoms with van der Waals surface area (Å²) in [5.74, 6) is -0.0955. The van der Waals surface area contributed by atoms with Crippen molar-refractivity contribution in [1.82, 2.24) is 10.6 Å². The molecule has 2 N–H and O–H groups in total. The van der Waals surface area contributed by atoms with Gasteiger partial charge in [0.2, 0.25) is 6.79 Å². The number of hydrogen-bond acceptors (Lipinski definition) is 4. The first-order valence-corrected chi connectivity index (χ1v) is 7.68. The van der Waals surface area contributed by atoms with Gasteiger partial charge in [0.05, 0.1) is 0 Å². The minimum Gasteiger partial charge on any atom is -0.454 e. The monoisotopic (exact) mass is 346 g/mol. The fourth-order valence-electron chi connectivity index (χ4n) is 2.22. The first-order chi connectivity index (χ1) is 11.6. The summed E-state index contributed by atoms with van der Waals surface area (Å²) in [7, 11) is 0. The van der Waals surface area contributed by atoms with Crippen molar-refractivity contribution in [2.45, 2.75) is 13.1 Å². The molecule has 1 heterocycles. The third kappa shape index (κ3) is 3.97. The van der Waals surface area contributed by atoms with Crippen LogP contribution in [0.1, 0.15) is 11.1 Å². The number of rotatable bonds is 4. The smallest absolute Gasteiger partial charge is 0.309 e. The van der Waals surface area contributed by atoms with Crippen molar-refractivity contribution in [1.29, 1.82) is 0 Å². The van der Waals surface area contributed by atoms with Gasteiger partial charge in [-0.3, -0.25) is 9.59 Å². The molecule has 3 rings (SSSR count). The van der Waals surface area contributed by atoms with E-state index in [0.717, 1.165) is 11.1 Å². The minimum absolute atomic E-state index is 0.192. The van der Waals surface area contributed by atoms with Gasteiger partial charge in [0.15, 0.2) is 11.5 Å². The van der Waals surface area contributed by atoms with Gasteiger partial charge in [0, 0.05) is 18.1 Å². The van der Waals surface area contributed by atoms with E-state index < -0.39 is 11.8 Å². The van der Waals surface area contributed by atoms with E-state index in [4.69, 9.17) is 21.1 Å². The lowest BCUT2D eigenvalue weighted by Crippen LogP contribution is -2.39. The topological polar surface area (TPSA) is 76.7 Å². The highest BCUT2D eigenvalue weighted by Crippen LogP contribution is 2.32. The molecule has 0 unspecified atom stereocenters. The standard InChI is InChI=1S/C17H15ClN2O4/c18-13-3-1-2-11(6-13)8-19-16(21)17(22)20-9-12-4-5-14-15(7-12)24-10-23-14/h1-7H,8-10H2,(H,19,21)(H,20,22). The number of benzene rings is 2. The minimum atomic E-state index is -0.699. The van der Waals surface area contributed by atoms with E-state index in [1.54, 1.807) is 36.4 Å². The van der Waals surface area contributed by atoms with Crippen LogP contribution in [0.5, 0.6) is 11.5 Å². The number of amides is 2. The summed E-state index contributed by atoms with van der Waals surface area (Å²) in [4.78, 5) is 23.6. The van der Waals surface area contributed by atoms with Crippen LogP contribution in [0.2, 0.25) is 5.02 Å². The van der Waals surface area contributed by atoms with Crippen LogP contribution in [0, 0.1) is 0 Å². The summed E-state index contributed by atoms with van der Waals surface area (Å²) in [5, 5.41) is 5.69. The first kappa shape index (κ1) is 16.1. The van der Waals surface area contributed by atoms with E-state index in [1.165, 1.54) is 0 Å². The van der Waals surface area contributed by atoms with Crippen LogP contribution in [0.25, 0.3) is 0 Å². The summed E-state index contributed by atoms with van der Waals surface area (Å²) in [6.07, 6.45) is 0. The molecule has 0 fully saturated rings. The number of carbonyl (C=O) groups is 2. The second-order valence-corrected chi connectivity index (χ2v) is 5.62. The zero-order valence-electron chi connectivity index (χ0n) is 12.7. The van der Waals surface area contributed by atoms with Crippen molar-refractivity contribution in [2.75, 3.05) is 6.79 Å². The van der Waals surface area contributed by atoms with E-state index in [-0.39, 0.29) is 19.9 Å². The lowest BCUT2D eigenvalue weighted by atomic mass is 10.2. The van der Waals surface area contributed by atoms with Crippen LogP contribution < -0.4 is 20.1 Å². The molecule has 0 aromatic heterocycles. The maximum absolute atomic E-state index is 11.8. The second-order valence-electron chi connectivity index (χ2n) is 5.18. The second kappa shape index (κ2) is 7.23. The van der Waals surface area contributed by atoms with Gasteiger partial charge in [-0.05, 0) is 35.4 Å². The molecule has 1 aliphatic rings. The summed E-state index contributed by atoms with van der Waals surface area (Å²) in [5.41, 5.74) is 1.63. The first-order valence-electron chi connectivity index (χ1n) is 7.31. The molecule has 0 atom stereocenters. The Morgan fingerprint density at radius 2 is 1.58 bits per heavy atom. The van der Waals surface area contributed by atoms with Crippen molar-refractivity contribution >= 4 is 23.4 Å². The van der Waals surface area contributed by atoms with Crippen molar-refractivity contribution < 1.29 is 19.1 Å². The third-order valence-corrected chi connectivity index (χ3v) is 3.67. The fraction of sp³-hybridized carbons (Fsp3) is 0.176. The third-order valence-electron chi connectivity index (χ3n) is 3.44. The Morgan fingerprint density at radius 1 is 0.917 bits per heavy atom. The Morgan fingerprint density at radius 3 is 2.29 bits per heavy atom. The lowest BCUT2D eigenvalue weighted by molar-refractivity contribution is -0.139. The summed E-state index contributed by atoms with van der Waals surface area (Å²) in [6, 6.07) is 12.4. The van der Waals surface area contributed by atoms with Gasteiger partial charge in [-0.15, -0.1) is 0 Å². The van der Waals surface area contributed by atoms with E-state index in [2.05, 4.69) is 10.6 Å². The highest BCUT2D eigenvalue weighted by molar-refractivity contribution is 6.35. The number of halogens is 1. The van der Waals surface area contributed by atoms with Gasteiger partial charge >= 0.3 is 11.8 Å². The molecule has 24 heavy (non-hydrogen) atoms. The van der Waals surface area contributed by atoms with Gasteiger partial charge in [-0.25, -0.2) is 0 Å². The highest BCUT2D eigenvalue weighted by atomic mass is 35.5. The van der Waals surface area contributed by atoms with Crippen molar-refractivity contribution in [3.8, 4) is 11.5 Å². The number of carbonyl (C=O) groups excluding carboxylic acids is 2. The zero-order chi connectivity index (χ0) is 16.9. The summed E-state index contributed by atoms with van der Waals surface area (Å²) in [6.45, 7) is 0.647. The molecule has 1 aliphatic heterocycles. The summed E-state index contributed by atoms with van der Waals surface area (Å²) < 4.78 is 10.5. The van der Waals surface area contributed by atoms with E-state index in [0.29, 0.717) is 16.5 Å². The molecule has 0 bridgehead atoms. The maximum atomic E-state index is 11.8. The molecule has 124 valence electrons. The van der Waals surface area contributed by atoms with Crippen LogP contribution in [0.4, 0.5) is 0 Å². The Balaban J connectivity index is 1.48. The van der Waals surface area contributed by atoms with Crippen LogP contribution >= 0.6 is 11.6 Å². The Kier molecular flexibility index (Phi) is 4.86. The summed E-state index contributed by atoms with van der Waals surface area (Å²) >= 11 is 5.87. The van der Waals surface area contributed by atoms with E-state index >= 15 is 0 Å². The largest absolute Gasteiger partial charge is 0.454 e. The molecule has 0 radical (unpaired) electrons. The zero-order valence-corrected chi connectivity index (χ0v) is 13.4. The number of fused-ring (bicyclic) bond motifs is 1. The van der Waals surface area contributed by atoms with E-state index in [1.807, 2.05) is 6.07 Å². The molecule has 7 heteroatoms. The van der Waals surface area contributed by atoms with Crippen LogP contribution in [0.3, 0.4) is 0 Å². The highest BCUT2D eigenvalue weighted by Gasteiger charge is 2.15. The van der Waals surface area contributed by atoms with E-state index in [9.17, 15) is 9.59 Å². The average Bonchev–Trinajstić information content (AvgIpc) is 3.05. The number of nitrogens with one attached hydrogen (secondary N) is 2. The average molecular weight is 347 g/mol. The molecule has 6 nitrogen and oxygen atoms in total. The van der Waals surface area contributed by atoms with Crippen molar-refractivity contribution in [3.05, 3.63) is 58.6 Å². The van der Waals surface area contributed by atoms with Crippen molar-refractivity contribution in [2.24, 2.45) is 0 Å². The van der Waals surface area contributed by atoms with Gasteiger partial charge in [-0.1, -0.05) is 29.8 Å². The SMILES string of the molecule is O=C(NCc1cccc(Cl)c1)C(=O)NCc1ccc2c(c1)OCO2. The fourth-order valence-corrected chi connectivity index (χ4v) is 2.44. The van der Waals surface area contributed by atoms with Crippen LogP contribution in [0.15, 0.2) is 42.5 Å². The predicted octanol–water partition coefficient (Wildman–Crippen LogP) is 2.00. The molecule has 2 aromatic rings. The lowest BCUT2D eigenvalue weighted by Gasteiger charge is -2.07. The quantitative estimate of drug-likeness (QED) is 0.830. The molecule has 2 aromatic carbocycles. The molecular weight excluding hydrogens is 332 g/mol. The van der Waals surface area contributed by atoms with Crippen LogP contribution in [-0.2, 0) is 22.7 Å². The number of ether oxygens (including phenoxy) is 2. The van der Waals surface area contributed by atoms with Gasteiger partial charge in [0.25, 0.3) is 0 Å². The van der Waals surface area contributed by atoms with Crippen molar-refractivity contribution in [3.63, 3.8) is 0 Å². The molecule has 0 aliphatic carbocycles. The number of hydrogen-bond donors (Lipinski definition) is 2. The molecule has 0 spiro atoms. The molecular formula is C17H15ClN2O4. The Labute approximate surface area is 143 Å². The Bertz CT molecular complexity index is 779. The van der Waals surface area contributed by atoms with Gasteiger partial charge in [0.1, 0.15) is 0 Å². The molecule has 2 amide bonds. The van der Waals surface area contributed by atoms with Crippen LogP contribution in [-0.4, -0.2) is 18.6 Å².